The summed E-state index contributed by atoms with van der Waals surface area (Å²) >= 11 is 0. The van der Waals surface area contributed by atoms with Gasteiger partial charge in [-0.05, 0) is 37.3 Å². The third-order valence-corrected chi connectivity index (χ3v) is 5.37. The van der Waals surface area contributed by atoms with Crippen LogP contribution in [0.2, 0.25) is 0 Å². The number of amides is 1. The molecule has 0 unspecified atom stereocenters. The summed E-state index contributed by atoms with van der Waals surface area (Å²) in [7, 11) is -3.11. The number of nitrogens with one attached hydrogen (secondary N) is 1. The number of rotatable bonds is 5. The van der Waals surface area contributed by atoms with E-state index in [1.807, 2.05) is 6.92 Å². The highest BCUT2D eigenvalue weighted by Gasteiger charge is 2.32. The van der Waals surface area contributed by atoms with Crippen LogP contribution in [0.4, 0.5) is 18.9 Å². The first kappa shape index (κ1) is 19.9. The van der Waals surface area contributed by atoms with Gasteiger partial charge in [0.1, 0.15) is 0 Å². The van der Waals surface area contributed by atoms with Crippen LogP contribution in [0.5, 0.6) is 0 Å². The predicted molar refractivity (Wildman–Crippen MR) is 91.1 cm³/mol. The number of hydrogen-bond donors (Lipinski definition) is 1. The van der Waals surface area contributed by atoms with Crippen molar-refractivity contribution < 1.29 is 26.4 Å². The first-order valence-electron chi connectivity index (χ1n) is 7.50. The fourth-order valence-corrected chi connectivity index (χ4v) is 3.31. The van der Waals surface area contributed by atoms with E-state index in [1.165, 1.54) is 0 Å². The summed E-state index contributed by atoms with van der Waals surface area (Å²) in [5.41, 5.74) is 0.411. The lowest BCUT2D eigenvalue weighted by atomic mass is 10.2. The zero-order chi connectivity index (χ0) is 19.5. The molecule has 140 valence electrons. The molecule has 2 aromatic rings. The van der Waals surface area contributed by atoms with Crippen LogP contribution in [0.15, 0.2) is 53.4 Å². The average molecular weight is 386 g/mol. The maximum atomic E-state index is 12.8. The van der Waals surface area contributed by atoms with Gasteiger partial charge in [-0.3, -0.25) is 4.79 Å². The van der Waals surface area contributed by atoms with Gasteiger partial charge in [0.05, 0.1) is 17.0 Å². The minimum absolute atomic E-state index is 0.491. The number of halogens is 3. The van der Waals surface area contributed by atoms with E-state index in [1.54, 1.807) is 24.3 Å². The Balaban J connectivity index is 2.13. The molecular weight excluding hydrogens is 369 g/mol. The number of sulfonamides is 1. The summed E-state index contributed by atoms with van der Waals surface area (Å²) in [5, 5.41) is 2.53. The average Bonchev–Trinajstić information content (AvgIpc) is 2.56. The molecule has 0 bridgehead atoms. The van der Waals surface area contributed by atoms with Crippen LogP contribution >= 0.6 is 0 Å². The number of likely N-dealkylation sites (N-methyl/N-ethyl adjacent to an activating group) is 1. The van der Waals surface area contributed by atoms with Crippen molar-refractivity contribution in [3.8, 4) is 0 Å². The summed E-state index contributed by atoms with van der Waals surface area (Å²) < 4.78 is 63.8. The molecule has 5 nitrogen and oxygen atoms in total. The predicted octanol–water partition coefficient (Wildman–Crippen LogP) is 3.27. The number of aryl methyl sites for hydroxylation is 1. The van der Waals surface area contributed by atoms with Crippen molar-refractivity contribution in [2.24, 2.45) is 0 Å². The number of anilines is 1. The molecular formula is C17H17F3N2O3S. The Labute approximate surface area is 149 Å². The monoisotopic (exact) mass is 386 g/mol. The van der Waals surface area contributed by atoms with E-state index in [4.69, 9.17) is 0 Å². The first-order valence-corrected chi connectivity index (χ1v) is 8.94. The topological polar surface area (TPSA) is 66.5 Å². The van der Waals surface area contributed by atoms with Crippen molar-refractivity contribution in [3.63, 3.8) is 0 Å². The van der Waals surface area contributed by atoms with E-state index in [9.17, 15) is 26.4 Å². The van der Waals surface area contributed by atoms with Crippen molar-refractivity contribution in [2.75, 3.05) is 18.9 Å². The summed E-state index contributed by atoms with van der Waals surface area (Å²) in [5.74, 6) is -0.605. The van der Waals surface area contributed by atoms with Crippen LogP contribution in [0.1, 0.15) is 11.1 Å². The third kappa shape index (κ3) is 4.83. The van der Waals surface area contributed by atoms with Gasteiger partial charge in [0.25, 0.3) is 0 Å². The van der Waals surface area contributed by atoms with Crippen LogP contribution in [0.25, 0.3) is 0 Å². The Bertz CT molecular complexity index is 894. The number of alkyl halides is 3. The van der Waals surface area contributed by atoms with E-state index in [0.29, 0.717) is 16.1 Å². The van der Waals surface area contributed by atoms with Gasteiger partial charge in [-0.1, -0.05) is 23.8 Å². The van der Waals surface area contributed by atoms with Gasteiger partial charge in [0.2, 0.25) is 15.9 Å². The van der Waals surface area contributed by atoms with Gasteiger partial charge in [-0.25, -0.2) is 8.42 Å². The minimum Gasteiger partial charge on any atom is -0.325 e. The second-order valence-corrected chi connectivity index (χ2v) is 7.75. The van der Waals surface area contributed by atoms with Gasteiger partial charge >= 0.3 is 6.18 Å². The summed E-state index contributed by atoms with van der Waals surface area (Å²) in [4.78, 5) is 11.5. The number of benzene rings is 2. The van der Waals surface area contributed by atoms with Gasteiger partial charge in [-0.2, -0.15) is 17.5 Å². The van der Waals surface area contributed by atoms with E-state index >= 15 is 0 Å². The maximum absolute atomic E-state index is 12.8. The molecule has 9 heteroatoms. The molecule has 0 heterocycles. The van der Waals surface area contributed by atoms with Gasteiger partial charge < -0.3 is 5.32 Å². The lowest BCUT2D eigenvalue weighted by Gasteiger charge is -2.18. The highest BCUT2D eigenvalue weighted by atomic mass is 32.2. The van der Waals surface area contributed by atoms with Crippen molar-refractivity contribution in [1.82, 2.24) is 4.31 Å². The number of carbonyl (C=O) groups excluding carboxylic acids is 1. The number of carbonyl (C=O) groups is 1. The summed E-state index contributed by atoms with van der Waals surface area (Å²) in [6.07, 6.45) is -4.66. The molecule has 0 saturated carbocycles. The van der Waals surface area contributed by atoms with E-state index in [-0.39, 0.29) is 0 Å². The maximum Gasteiger partial charge on any atom is 0.416 e. The molecule has 0 aromatic heterocycles. The zero-order valence-electron chi connectivity index (χ0n) is 14.0. The zero-order valence-corrected chi connectivity index (χ0v) is 14.9. The van der Waals surface area contributed by atoms with Crippen molar-refractivity contribution in [3.05, 3.63) is 59.7 Å². The molecule has 1 N–H and O–H groups in total. The molecule has 2 rings (SSSR count). The summed E-state index contributed by atoms with van der Waals surface area (Å²) in [6, 6.07) is 10.3. The number of hydrogen-bond acceptors (Lipinski definition) is 3. The molecule has 0 radical (unpaired) electrons. The quantitative estimate of drug-likeness (QED) is 0.858. The molecule has 0 aliphatic heterocycles. The molecule has 0 spiro atoms. The second kappa shape index (κ2) is 7.46. The normalized spacial score (nSPS) is 12.2. The molecule has 0 aliphatic rings. The standard InChI is InChI=1S/C17H17F3N2O3S/c1-12-6-8-14(9-7-12)21-16(23)11-22(2)26(24,25)15-5-3-4-13(10-15)17(18,19)20/h3-10H,11H2,1-2H3,(H,21,23). The van der Waals surface area contributed by atoms with Crippen LogP contribution in [0, 0.1) is 6.92 Å². The minimum atomic E-state index is -4.66. The molecule has 0 aliphatic carbocycles. The third-order valence-electron chi connectivity index (χ3n) is 3.57. The Morgan fingerprint density at radius 2 is 1.73 bits per heavy atom. The molecule has 1 amide bonds. The Morgan fingerprint density at radius 1 is 1.12 bits per heavy atom. The van der Waals surface area contributed by atoms with E-state index in [2.05, 4.69) is 5.32 Å². The Kier molecular flexibility index (Phi) is 5.72. The van der Waals surface area contributed by atoms with E-state index < -0.39 is 39.1 Å². The molecule has 0 saturated heterocycles. The Hall–Kier alpha value is -2.39. The highest BCUT2D eigenvalue weighted by Crippen LogP contribution is 2.31. The van der Waals surface area contributed by atoms with Gasteiger partial charge in [0.15, 0.2) is 0 Å². The van der Waals surface area contributed by atoms with Crippen LogP contribution < -0.4 is 5.32 Å². The molecule has 0 atom stereocenters. The molecule has 2 aromatic carbocycles. The molecule has 26 heavy (non-hydrogen) atoms. The van der Waals surface area contributed by atoms with Crippen molar-refractivity contribution in [1.29, 1.82) is 0 Å². The van der Waals surface area contributed by atoms with Crippen LogP contribution in [-0.2, 0) is 21.0 Å². The fraction of sp³-hybridized carbons (Fsp3) is 0.235. The summed E-state index contributed by atoms with van der Waals surface area (Å²) in [6.45, 7) is 1.34. The van der Waals surface area contributed by atoms with Gasteiger partial charge in [0, 0.05) is 12.7 Å². The fourth-order valence-electron chi connectivity index (χ4n) is 2.14. The Morgan fingerprint density at radius 3 is 2.31 bits per heavy atom. The van der Waals surface area contributed by atoms with Crippen molar-refractivity contribution >= 4 is 21.6 Å². The van der Waals surface area contributed by atoms with Crippen molar-refractivity contribution in [2.45, 2.75) is 18.0 Å². The van der Waals surface area contributed by atoms with Crippen LogP contribution in [-0.4, -0.2) is 32.2 Å². The SMILES string of the molecule is Cc1ccc(NC(=O)CN(C)S(=O)(=O)c2cccc(C(F)(F)F)c2)cc1. The number of nitrogens with zero attached hydrogens (tertiary/aromatic N) is 1. The van der Waals surface area contributed by atoms with E-state index in [0.717, 1.165) is 30.8 Å². The van der Waals surface area contributed by atoms with Crippen LogP contribution in [0.3, 0.4) is 0 Å². The highest BCUT2D eigenvalue weighted by molar-refractivity contribution is 7.89. The smallest absolute Gasteiger partial charge is 0.325 e. The largest absolute Gasteiger partial charge is 0.416 e. The second-order valence-electron chi connectivity index (χ2n) is 5.70. The lowest BCUT2D eigenvalue weighted by Crippen LogP contribution is -2.35. The lowest BCUT2D eigenvalue weighted by molar-refractivity contribution is -0.137. The first-order chi connectivity index (χ1) is 12.0. The van der Waals surface area contributed by atoms with Gasteiger partial charge in [-0.15, -0.1) is 0 Å². The molecule has 0 fully saturated rings.